The summed E-state index contributed by atoms with van der Waals surface area (Å²) in [5, 5.41) is 3.46. The van der Waals surface area contributed by atoms with E-state index in [4.69, 9.17) is 0 Å². The SMILES string of the molecule is CC(C)(C)S(=O)(=O)c1ccsc1C(=O)N[C@H]1CC[C@@H](S(=O)(=O)c2cccc(C(F)(F)F)c2)CC1. The Kier molecular flexibility index (Phi) is 7.27. The third-order valence-electron chi connectivity index (χ3n) is 5.87. The quantitative estimate of drug-likeness (QED) is 0.588. The van der Waals surface area contributed by atoms with Crippen LogP contribution in [0.25, 0.3) is 0 Å². The zero-order chi connectivity index (χ0) is 25.5. The van der Waals surface area contributed by atoms with Crippen molar-refractivity contribution in [3.05, 3.63) is 46.2 Å². The number of rotatable bonds is 5. The largest absolute Gasteiger partial charge is 0.416 e. The van der Waals surface area contributed by atoms with Crippen LogP contribution in [0, 0.1) is 0 Å². The Labute approximate surface area is 201 Å². The molecule has 0 saturated heterocycles. The number of hydrogen-bond donors (Lipinski definition) is 1. The standard InChI is InChI=1S/C22H26F3NO5S3/c1-21(2,3)34(30,31)18-11-12-32-19(18)20(27)26-15-7-9-16(10-8-15)33(28,29)17-6-4-5-14(13-17)22(23,24)25/h4-6,11-13,15-16H,7-10H2,1-3H3,(H,26,27)/t15-,16+. The van der Waals surface area contributed by atoms with Gasteiger partial charge in [-0.05, 0) is 76.1 Å². The van der Waals surface area contributed by atoms with Crippen LogP contribution in [-0.2, 0) is 25.9 Å². The van der Waals surface area contributed by atoms with Crippen LogP contribution in [0.4, 0.5) is 13.2 Å². The van der Waals surface area contributed by atoms with Crippen molar-refractivity contribution in [2.24, 2.45) is 0 Å². The van der Waals surface area contributed by atoms with Crippen LogP contribution in [0.5, 0.6) is 0 Å². The van der Waals surface area contributed by atoms with E-state index in [-0.39, 0.29) is 33.6 Å². The summed E-state index contributed by atoms with van der Waals surface area (Å²) in [5.41, 5.74) is -1.02. The Morgan fingerprint density at radius 2 is 1.62 bits per heavy atom. The van der Waals surface area contributed by atoms with Crippen LogP contribution < -0.4 is 5.32 Å². The Morgan fingerprint density at radius 3 is 2.18 bits per heavy atom. The molecule has 1 aliphatic carbocycles. The van der Waals surface area contributed by atoms with E-state index >= 15 is 0 Å². The number of thiophene rings is 1. The van der Waals surface area contributed by atoms with Crippen LogP contribution in [0.1, 0.15) is 61.7 Å². The second-order valence-corrected chi connectivity index (χ2v) is 15.1. The highest BCUT2D eigenvalue weighted by molar-refractivity contribution is 7.93. The molecule has 1 heterocycles. The van der Waals surface area contributed by atoms with Gasteiger partial charge in [-0.1, -0.05) is 6.07 Å². The molecule has 1 aromatic heterocycles. The van der Waals surface area contributed by atoms with Crippen molar-refractivity contribution in [2.45, 2.75) is 78.5 Å². The lowest BCUT2D eigenvalue weighted by molar-refractivity contribution is -0.137. The van der Waals surface area contributed by atoms with E-state index in [9.17, 15) is 34.8 Å². The molecular formula is C22H26F3NO5S3. The van der Waals surface area contributed by atoms with Gasteiger partial charge in [-0.25, -0.2) is 16.8 Å². The van der Waals surface area contributed by atoms with Gasteiger partial charge in [0.1, 0.15) is 4.88 Å². The summed E-state index contributed by atoms with van der Waals surface area (Å²) in [7, 11) is -7.70. The zero-order valence-electron chi connectivity index (χ0n) is 18.8. The highest BCUT2D eigenvalue weighted by Crippen LogP contribution is 2.34. The predicted molar refractivity (Wildman–Crippen MR) is 123 cm³/mol. The molecule has 0 bridgehead atoms. The lowest BCUT2D eigenvalue weighted by atomic mass is 9.95. The predicted octanol–water partition coefficient (Wildman–Crippen LogP) is 4.85. The Hall–Kier alpha value is -1.92. The van der Waals surface area contributed by atoms with E-state index in [1.54, 1.807) is 20.8 Å². The second kappa shape index (κ2) is 9.27. The van der Waals surface area contributed by atoms with Crippen molar-refractivity contribution in [2.75, 3.05) is 0 Å². The molecule has 0 unspecified atom stereocenters. The van der Waals surface area contributed by atoms with E-state index in [1.807, 2.05) is 0 Å². The number of carbonyl (C=O) groups is 1. The molecule has 1 aliphatic rings. The molecular weight excluding hydrogens is 511 g/mol. The first kappa shape index (κ1) is 26.7. The summed E-state index contributed by atoms with van der Waals surface area (Å²) in [6.07, 6.45) is -3.69. The fourth-order valence-electron chi connectivity index (χ4n) is 3.81. The van der Waals surface area contributed by atoms with Gasteiger partial charge in [-0.3, -0.25) is 4.79 Å². The molecule has 34 heavy (non-hydrogen) atoms. The molecule has 2 aromatic rings. The van der Waals surface area contributed by atoms with E-state index in [0.717, 1.165) is 29.5 Å². The highest BCUT2D eigenvalue weighted by atomic mass is 32.2. The molecule has 6 nitrogen and oxygen atoms in total. The van der Waals surface area contributed by atoms with Crippen molar-refractivity contribution >= 4 is 36.9 Å². The number of carbonyl (C=O) groups excluding carboxylic acids is 1. The number of nitrogens with one attached hydrogen (secondary N) is 1. The van der Waals surface area contributed by atoms with Gasteiger partial charge in [-0.15, -0.1) is 11.3 Å². The topological polar surface area (TPSA) is 97.4 Å². The van der Waals surface area contributed by atoms with E-state index in [2.05, 4.69) is 5.32 Å². The minimum atomic E-state index is -4.64. The van der Waals surface area contributed by atoms with Gasteiger partial charge in [0, 0.05) is 6.04 Å². The normalized spacial score (nSPS) is 20.2. The first-order chi connectivity index (χ1) is 15.5. The maximum Gasteiger partial charge on any atom is 0.416 e. The molecule has 188 valence electrons. The molecule has 0 atom stereocenters. The summed E-state index contributed by atoms with van der Waals surface area (Å²) in [4.78, 5) is 12.5. The summed E-state index contributed by atoms with van der Waals surface area (Å²) in [5.74, 6) is -0.540. The zero-order valence-corrected chi connectivity index (χ0v) is 21.3. The number of amides is 1. The minimum absolute atomic E-state index is 0.0386. The van der Waals surface area contributed by atoms with Gasteiger partial charge < -0.3 is 5.32 Å². The van der Waals surface area contributed by atoms with Crippen molar-refractivity contribution in [3.63, 3.8) is 0 Å². The van der Waals surface area contributed by atoms with Crippen LogP contribution in [0.3, 0.4) is 0 Å². The van der Waals surface area contributed by atoms with Crippen LogP contribution in [0.15, 0.2) is 45.5 Å². The number of benzene rings is 1. The lowest BCUT2D eigenvalue weighted by Gasteiger charge is -2.29. The van der Waals surface area contributed by atoms with Gasteiger partial charge in [0.25, 0.3) is 5.91 Å². The van der Waals surface area contributed by atoms with Crippen LogP contribution in [-0.4, -0.2) is 38.8 Å². The monoisotopic (exact) mass is 537 g/mol. The fraction of sp³-hybridized carbons (Fsp3) is 0.500. The molecule has 1 fully saturated rings. The summed E-state index contributed by atoms with van der Waals surface area (Å²) >= 11 is 1.02. The van der Waals surface area contributed by atoms with E-state index in [0.29, 0.717) is 18.9 Å². The van der Waals surface area contributed by atoms with Gasteiger partial charge in [0.05, 0.1) is 25.4 Å². The average Bonchev–Trinajstić information content (AvgIpc) is 3.24. The molecule has 1 aromatic carbocycles. The van der Waals surface area contributed by atoms with Crippen molar-refractivity contribution in [1.29, 1.82) is 0 Å². The summed E-state index contributed by atoms with van der Waals surface area (Å²) in [6, 6.07) is 4.74. The van der Waals surface area contributed by atoms with Crippen molar-refractivity contribution < 1.29 is 34.8 Å². The van der Waals surface area contributed by atoms with Gasteiger partial charge >= 0.3 is 6.18 Å². The third-order valence-corrected chi connectivity index (χ3v) is 11.7. The molecule has 1 N–H and O–H groups in total. The third kappa shape index (κ3) is 5.33. The first-order valence-electron chi connectivity index (χ1n) is 10.6. The van der Waals surface area contributed by atoms with Crippen LogP contribution in [0.2, 0.25) is 0 Å². The maximum atomic E-state index is 13.0. The van der Waals surface area contributed by atoms with Gasteiger partial charge in [-0.2, -0.15) is 13.2 Å². The average molecular weight is 538 g/mol. The Bertz CT molecular complexity index is 1270. The molecule has 3 rings (SSSR count). The summed E-state index contributed by atoms with van der Waals surface area (Å²) in [6.45, 7) is 4.65. The van der Waals surface area contributed by atoms with Crippen LogP contribution >= 0.6 is 11.3 Å². The van der Waals surface area contributed by atoms with E-state index < -0.39 is 47.3 Å². The highest BCUT2D eigenvalue weighted by Gasteiger charge is 2.37. The molecule has 12 heteroatoms. The van der Waals surface area contributed by atoms with E-state index in [1.165, 1.54) is 11.4 Å². The maximum absolute atomic E-state index is 13.0. The molecule has 0 spiro atoms. The molecule has 1 amide bonds. The smallest absolute Gasteiger partial charge is 0.349 e. The number of hydrogen-bond acceptors (Lipinski definition) is 6. The lowest BCUT2D eigenvalue weighted by Crippen LogP contribution is -2.40. The molecule has 0 aliphatic heterocycles. The minimum Gasteiger partial charge on any atom is -0.349 e. The molecule has 1 saturated carbocycles. The number of alkyl halides is 3. The molecule has 0 radical (unpaired) electrons. The fourth-order valence-corrected chi connectivity index (χ4v) is 8.15. The van der Waals surface area contributed by atoms with Crippen molar-refractivity contribution in [1.82, 2.24) is 5.32 Å². The Morgan fingerprint density at radius 1 is 1.00 bits per heavy atom. The number of sulfone groups is 2. The Balaban J connectivity index is 1.69. The summed E-state index contributed by atoms with van der Waals surface area (Å²) < 4.78 is 89.3. The van der Waals surface area contributed by atoms with Gasteiger partial charge in [0.15, 0.2) is 19.7 Å². The first-order valence-corrected chi connectivity index (χ1v) is 14.5. The van der Waals surface area contributed by atoms with Gasteiger partial charge in [0.2, 0.25) is 0 Å². The second-order valence-electron chi connectivity index (χ2n) is 9.25. The van der Waals surface area contributed by atoms with Crippen molar-refractivity contribution in [3.8, 4) is 0 Å². The number of halogens is 3.